The topological polar surface area (TPSA) is 89.0 Å². The summed E-state index contributed by atoms with van der Waals surface area (Å²) in [6.45, 7) is 3.76. The fraction of sp³-hybridized carbons (Fsp3) is 0.179. The van der Waals surface area contributed by atoms with Crippen LogP contribution in [0.15, 0.2) is 66.2 Å². The minimum absolute atomic E-state index is 0.0238. The zero-order valence-corrected chi connectivity index (χ0v) is 21.1. The summed E-state index contributed by atoms with van der Waals surface area (Å²) >= 11 is 1.28. The molecule has 1 saturated heterocycles. The van der Waals surface area contributed by atoms with E-state index in [2.05, 4.69) is 4.98 Å². The van der Waals surface area contributed by atoms with Gasteiger partial charge in [-0.1, -0.05) is 41.2 Å². The van der Waals surface area contributed by atoms with Crippen LogP contribution in [-0.2, 0) is 9.59 Å². The number of fused-ring (bicyclic) bond motifs is 1. The molecule has 1 aliphatic heterocycles. The van der Waals surface area contributed by atoms with Crippen molar-refractivity contribution in [3.8, 4) is 11.5 Å². The average Bonchev–Trinajstić information content (AvgIpc) is 3.42. The number of carbonyl (C=O) groups is 2. The third-order valence-electron chi connectivity index (χ3n) is 6.31. The highest BCUT2D eigenvalue weighted by Gasteiger charge is 2.48. The van der Waals surface area contributed by atoms with Crippen LogP contribution in [0, 0.1) is 13.8 Å². The van der Waals surface area contributed by atoms with E-state index in [0.29, 0.717) is 33.3 Å². The number of hydrogen-bond acceptors (Lipinski definition) is 7. The number of rotatable bonds is 5. The normalized spacial score (nSPS) is 17.1. The molecule has 0 saturated carbocycles. The number of Topliss-reactive ketones (excluding diaryl/α,β-unsaturated/α-hetero) is 1. The second kappa shape index (κ2) is 9.13. The number of carbonyl (C=O) groups excluding carboxylic acids is 2. The zero-order valence-electron chi connectivity index (χ0n) is 20.2. The Morgan fingerprint density at radius 1 is 0.944 bits per heavy atom. The van der Waals surface area contributed by atoms with E-state index in [9.17, 15) is 14.7 Å². The number of ketones is 1. The first-order valence-corrected chi connectivity index (χ1v) is 12.1. The lowest BCUT2D eigenvalue weighted by Gasteiger charge is -2.23. The predicted molar refractivity (Wildman–Crippen MR) is 140 cm³/mol. The van der Waals surface area contributed by atoms with Crippen molar-refractivity contribution in [3.05, 3.63) is 88.5 Å². The number of amides is 1. The van der Waals surface area contributed by atoms with Gasteiger partial charge in [0, 0.05) is 5.56 Å². The number of anilines is 1. The van der Waals surface area contributed by atoms with Gasteiger partial charge >= 0.3 is 5.91 Å². The van der Waals surface area contributed by atoms with Crippen molar-refractivity contribution in [3.63, 3.8) is 0 Å². The molecule has 7 nitrogen and oxygen atoms in total. The van der Waals surface area contributed by atoms with Crippen molar-refractivity contribution >= 4 is 44.1 Å². The molecule has 36 heavy (non-hydrogen) atoms. The molecule has 8 heteroatoms. The Labute approximate surface area is 212 Å². The SMILES string of the molecule is COc1ccc(C2C(=C(O)c3cc(C)ccc3C)C(=O)C(=O)N2c2nc3ccc(OC)cc3s2)cc1. The monoisotopic (exact) mass is 500 g/mol. The van der Waals surface area contributed by atoms with Crippen molar-refractivity contribution in [2.24, 2.45) is 0 Å². The molecule has 5 rings (SSSR count). The van der Waals surface area contributed by atoms with Gasteiger partial charge in [0.1, 0.15) is 17.3 Å². The molecule has 182 valence electrons. The maximum atomic E-state index is 13.5. The Bertz CT molecular complexity index is 1540. The Morgan fingerprint density at radius 2 is 1.64 bits per heavy atom. The van der Waals surface area contributed by atoms with Gasteiger partial charge in [-0.3, -0.25) is 14.5 Å². The van der Waals surface area contributed by atoms with Gasteiger partial charge in [-0.25, -0.2) is 4.98 Å². The molecular formula is C28H24N2O5S. The first-order chi connectivity index (χ1) is 17.3. The highest BCUT2D eigenvalue weighted by atomic mass is 32.1. The summed E-state index contributed by atoms with van der Waals surface area (Å²) in [5, 5.41) is 11.8. The number of hydrogen-bond donors (Lipinski definition) is 1. The largest absolute Gasteiger partial charge is 0.507 e. The van der Waals surface area contributed by atoms with E-state index in [4.69, 9.17) is 9.47 Å². The number of thiazole rings is 1. The molecular weight excluding hydrogens is 476 g/mol. The Kier molecular flexibility index (Phi) is 5.97. The number of ether oxygens (including phenoxy) is 2. The molecule has 1 unspecified atom stereocenters. The maximum absolute atomic E-state index is 13.5. The summed E-state index contributed by atoms with van der Waals surface area (Å²) in [5.74, 6) is -0.404. The molecule has 1 aromatic heterocycles. The Morgan fingerprint density at radius 3 is 2.33 bits per heavy atom. The smallest absolute Gasteiger partial charge is 0.301 e. The van der Waals surface area contributed by atoms with Crippen LogP contribution in [-0.4, -0.2) is 36.0 Å². The molecule has 0 aliphatic carbocycles. The van der Waals surface area contributed by atoms with Crippen molar-refractivity contribution < 1.29 is 24.2 Å². The molecule has 1 atom stereocenters. The van der Waals surface area contributed by atoms with E-state index < -0.39 is 17.7 Å². The fourth-order valence-corrected chi connectivity index (χ4v) is 5.41. The van der Waals surface area contributed by atoms with Crippen molar-refractivity contribution in [2.75, 3.05) is 19.1 Å². The summed E-state index contributed by atoms with van der Waals surface area (Å²) in [5.41, 5.74) is 3.60. The summed E-state index contributed by atoms with van der Waals surface area (Å²) in [6, 6.07) is 17.3. The van der Waals surface area contributed by atoms with Gasteiger partial charge in [0.05, 0.1) is 36.1 Å². The maximum Gasteiger partial charge on any atom is 0.301 e. The quantitative estimate of drug-likeness (QED) is 0.219. The predicted octanol–water partition coefficient (Wildman–Crippen LogP) is 5.56. The third kappa shape index (κ3) is 3.89. The number of aliphatic hydroxyl groups excluding tert-OH is 1. The van der Waals surface area contributed by atoms with Gasteiger partial charge in [-0.2, -0.15) is 0 Å². The number of benzene rings is 3. The van der Waals surface area contributed by atoms with Crippen molar-refractivity contribution in [1.82, 2.24) is 4.98 Å². The average molecular weight is 501 g/mol. The second-order valence-electron chi connectivity index (χ2n) is 8.59. The van der Waals surface area contributed by atoms with Gasteiger partial charge in [0.25, 0.3) is 5.78 Å². The van der Waals surface area contributed by atoms with E-state index in [0.717, 1.165) is 15.8 Å². The number of nitrogens with zero attached hydrogens (tertiary/aromatic N) is 2. The van der Waals surface area contributed by atoms with Crippen LogP contribution in [0.2, 0.25) is 0 Å². The van der Waals surface area contributed by atoms with Gasteiger partial charge in [-0.15, -0.1) is 0 Å². The molecule has 2 heterocycles. The van der Waals surface area contributed by atoms with E-state index in [1.54, 1.807) is 44.6 Å². The highest BCUT2D eigenvalue weighted by Crippen LogP contribution is 2.45. The lowest BCUT2D eigenvalue weighted by atomic mass is 9.93. The van der Waals surface area contributed by atoms with E-state index in [1.165, 1.54) is 16.2 Å². The minimum atomic E-state index is -0.863. The van der Waals surface area contributed by atoms with E-state index in [1.807, 2.05) is 44.2 Å². The van der Waals surface area contributed by atoms with Gasteiger partial charge in [0.15, 0.2) is 5.13 Å². The minimum Gasteiger partial charge on any atom is -0.507 e. The van der Waals surface area contributed by atoms with Crippen LogP contribution in [0.5, 0.6) is 11.5 Å². The van der Waals surface area contributed by atoms with Gasteiger partial charge in [-0.05, 0) is 61.4 Å². The first-order valence-electron chi connectivity index (χ1n) is 11.3. The van der Waals surface area contributed by atoms with Crippen molar-refractivity contribution in [1.29, 1.82) is 0 Å². The molecule has 0 radical (unpaired) electrons. The summed E-state index contributed by atoms with van der Waals surface area (Å²) < 4.78 is 11.4. The fourth-order valence-electron chi connectivity index (χ4n) is 4.39. The van der Waals surface area contributed by atoms with Crippen LogP contribution < -0.4 is 14.4 Å². The van der Waals surface area contributed by atoms with E-state index in [-0.39, 0.29) is 11.3 Å². The van der Waals surface area contributed by atoms with Crippen LogP contribution >= 0.6 is 11.3 Å². The summed E-state index contributed by atoms with van der Waals surface area (Å²) in [6.07, 6.45) is 0. The summed E-state index contributed by atoms with van der Waals surface area (Å²) in [7, 11) is 3.15. The molecule has 3 aromatic carbocycles. The molecule has 1 aliphatic rings. The number of aromatic nitrogens is 1. The van der Waals surface area contributed by atoms with Crippen LogP contribution in [0.25, 0.3) is 16.0 Å². The van der Waals surface area contributed by atoms with Crippen LogP contribution in [0.4, 0.5) is 5.13 Å². The third-order valence-corrected chi connectivity index (χ3v) is 7.33. The molecule has 1 amide bonds. The molecule has 4 aromatic rings. The Balaban J connectivity index is 1.73. The molecule has 1 fully saturated rings. The molecule has 0 spiro atoms. The standard InChI is InChI=1S/C28H24N2O5S/c1-15-5-6-16(2)20(13-15)25(31)23-24(17-7-9-18(34-3)10-8-17)30(27(33)26(23)32)28-29-21-12-11-19(35-4)14-22(21)36-28/h5-14,24,31H,1-4H3. The number of aryl methyl sites for hydroxylation is 2. The Hall–Kier alpha value is -4.17. The lowest BCUT2D eigenvalue weighted by Crippen LogP contribution is -2.29. The first kappa shape index (κ1) is 23.6. The van der Waals surface area contributed by atoms with Gasteiger partial charge in [0.2, 0.25) is 0 Å². The highest BCUT2D eigenvalue weighted by molar-refractivity contribution is 7.22. The summed E-state index contributed by atoms with van der Waals surface area (Å²) in [4.78, 5) is 32.9. The van der Waals surface area contributed by atoms with Crippen LogP contribution in [0.3, 0.4) is 0 Å². The lowest BCUT2D eigenvalue weighted by molar-refractivity contribution is -0.132. The van der Waals surface area contributed by atoms with E-state index >= 15 is 0 Å². The van der Waals surface area contributed by atoms with Crippen LogP contribution in [0.1, 0.15) is 28.3 Å². The van der Waals surface area contributed by atoms with Crippen molar-refractivity contribution in [2.45, 2.75) is 19.9 Å². The molecule has 0 bridgehead atoms. The van der Waals surface area contributed by atoms with Gasteiger partial charge < -0.3 is 14.6 Å². The molecule has 1 N–H and O–H groups in total. The number of aliphatic hydroxyl groups is 1. The second-order valence-corrected chi connectivity index (χ2v) is 9.60. The zero-order chi connectivity index (χ0) is 25.6. The number of methoxy groups -OCH3 is 2.